The number of likely N-dealkylation sites (tertiary alicyclic amines) is 1. The van der Waals surface area contributed by atoms with Gasteiger partial charge < -0.3 is 29.3 Å². The Kier molecular flexibility index (Phi) is 9.91. The molecule has 4 rings (SSSR count). The zero-order valence-electron chi connectivity index (χ0n) is 23.2. The average Bonchev–Trinajstić information content (AvgIpc) is 3.53. The summed E-state index contributed by atoms with van der Waals surface area (Å²) in [7, 11) is 0. The van der Waals surface area contributed by atoms with Gasteiger partial charge in [-0.15, -0.1) is 13.2 Å². The fraction of sp³-hybridized carbons (Fsp3) is 0.750. The summed E-state index contributed by atoms with van der Waals surface area (Å²) in [4.78, 5) is 49.5. The number of carbonyl (C=O) groups excluding carboxylic acids is 3. The van der Waals surface area contributed by atoms with Gasteiger partial charge in [-0.2, -0.15) is 0 Å². The van der Waals surface area contributed by atoms with Crippen LogP contribution in [0.5, 0.6) is 0 Å². The molecule has 4 aliphatic rings. The average molecular weight is 612 g/mol. The van der Waals surface area contributed by atoms with Gasteiger partial charge in [0.2, 0.25) is 17.7 Å². The Balaban J connectivity index is 1.68. The molecule has 39 heavy (non-hydrogen) atoms. The van der Waals surface area contributed by atoms with Gasteiger partial charge in [0, 0.05) is 50.6 Å². The minimum absolute atomic E-state index is 0.147. The number of aliphatic hydroxyl groups excluding tert-OH is 1. The summed E-state index contributed by atoms with van der Waals surface area (Å²) in [6, 6.07) is -1.55. The van der Waals surface area contributed by atoms with Crippen molar-refractivity contribution in [2.75, 3.05) is 65.6 Å². The number of carbonyl (C=O) groups is 3. The van der Waals surface area contributed by atoms with Crippen molar-refractivity contribution >= 4 is 33.7 Å². The van der Waals surface area contributed by atoms with Crippen molar-refractivity contribution in [1.82, 2.24) is 19.6 Å². The van der Waals surface area contributed by atoms with E-state index in [0.717, 1.165) is 19.5 Å². The second-order valence-electron chi connectivity index (χ2n) is 11.0. The van der Waals surface area contributed by atoms with Crippen molar-refractivity contribution in [3.63, 3.8) is 0 Å². The molecule has 0 aromatic heterocycles. The number of halogens is 1. The van der Waals surface area contributed by atoms with Gasteiger partial charge in [-0.25, -0.2) is 0 Å². The van der Waals surface area contributed by atoms with Crippen LogP contribution in [0.3, 0.4) is 0 Å². The van der Waals surface area contributed by atoms with Crippen LogP contribution in [0, 0.1) is 11.8 Å². The molecule has 218 valence electrons. The Bertz CT molecular complexity index is 945. The van der Waals surface area contributed by atoms with Crippen LogP contribution in [0.4, 0.5) is 0 Å². The normalized spacial score (nSPS) is 32.7. The first kappa shape index (κ1) is 30.2. The van der Waals surface area contributed by atoms with E-state index in [4.69, 9.17) is 9.47 Å². The van der Waals surface area contributed by atoms with E-state index in [-0.39, 0.29) is 29.2 Å². The van der Waals surface area contributed by atoms with Crippen LogP contribution in [-0.2, 0) is 23.9 Å². The third kappa shape index (κ3) is 5.45. The molecule has 10 nitrogen and oxygen atoms in total. The molecule has 1 N–H and O–H groups in total. The number of nitrogens with zero attached hydrogens (tertiary/aromatic N) is 4. The third-order valence-electron chi connectivity index (χ3n) is 8.59. The molecule has 4 fully saturated rings. The molecule has 4 aliphatic heterocycles. The summed E-state index contributed by atoms with van der Waals surface area (Å²) in [6.07, 6.45) is 4.07. The van der Waals surface area contributed by atoms with E-state index in [1.807, 2.05) is 6.92 Å². The topological polar surface area (TPSA) is 103 Å². The summed E-state index contributed by atoms with van der Waals surface area (Å²) < 4.78 is 12.1. The van der Waals surface area contributed by atoms with Gasteiger partial charge in [-0.3, -0.25) is 19.3 Å². The maximum absolute atomic E-state index is 14.4. The largest absolute Gasteiger partial charge is 0.394 e. The summed E-state index contributed by atoms with van der Waals surface area (Å²) >= 11 is 3.73. The van der Waals surface area contributed by atoms with E-state index in [1.165, 1.54) is 4.90 Å². The van der Waals surface area contributed by atoms with Crippen LogP contribution >= 0.6 is 15.9 Å². The van der Waals surface area contributed by atoms with Crippen molar-refractivity contribution < 1.29 is 29.0 Å². The number of alkyl halides is 1. The number of ether oxygens (including phenoxy) is 2. The number of hydrogen-bond donors (Lipinski definition) is 1. The molecule has 7 atom stereocenters. The highest BCUT2D eigenvalue weighted by Crippen LogP contribution is 2.60. The first-order valence-electron chi connectivity index (χ1n) is 14.1. The molecular formula is C28H43BrN4O6. The SMILES string of the molecule is C=CCN(CCN1CCOCC1)C(=O)C1N([C@H](C)CO)C(=O)[C@@H]2[C@@H](C(=O)N(CC=C)CCC)[C@@H]3OC12CC3Br. The van der Waals surface area contributed by atoms with E-state index in [9.17, 15) is 19.5 Å². The minimum atomic E-state index is -1.15. The fourth-order valence-corrected chi connectivity index (χ4v) is 7.77. The molecule has 11 heteroatoms. The molecule has 0 aromatic carbocycles. The van der Waals surface area contributed by atoms with Crippen LogP contribution < -0.4 is 0 Å². The van der Waals surface area contributed by atoms with E-state index >= 15 is 0 Å². The third-order valence-corrected chi connectivity index (χ3v) is 9.44. The number of aliphatic hydroxyl groups is 1. The quantitative estimate of drug-likeness (QED) is 0.244. The molecule has 0 saturated carbocycles. The lowest BCUT2D eigenvalue weighted by Crippen LogP contribution is -2.59. The lowest BCUT2D eigenvalue weighted by atomic mass is 9.70. The molecule has 0 aliphatic carbocycles. The summed E-state index contributed by atoms with van der Waals surface area (Å²) in [5, 5.41) is 10.1. The van der Waals surface area contributed by atoms with Crippen LogP contribution in [0.1, 0.15) is 26.7 Å². The van der Waals surface area contributed by atoms with E-state index in [1.54, 1.807) is 28.9 Å². The molecule has 4 heterocycles. The number of hydrogen-bond acceptors (Lipinski definition) is 7. The molecule has 3 amide bonds. The maximum atomic E-state index is 14.4. The van der Waals surface area contributed by atoms with E-state index < -0.39 is 35.6 Å². The highest BCUT2D eigenvalue weighted by molar-refractivity contribution is 9.09. The molecule has 4 saturated heterocycles. The van der Waals surface area contributed by atoms with Crippen molar-refractivity contribution in [2.24, 2.45) is 11.8 Å². The molecule has 0 radical (unpaired) electrons. The highest BCUT2D eigenvalue weighted by Gasteiger charge is 2.77. The lowest BCUT2D eigenvalue weighted by molar-refractivity contribution is -0.151. The minimum Gasteiger partial charge on any atom is -0.394 e. The van der Waals surface area contributed by atoms with Gasteiger partial charge in [0.25, 0.3) is 0 Å². The summed E-state index contributed by atoms with van der Waals surface area (Å²) in [5.41, 5.74) is -1.15. The zero-order chi connectivity index (χ0) is 28.3. The van der Waals surface area contributed by atoms with E-state index in [0.29, 0.717) is 52.4 Å². The predicted octanol–water partition coefficient (Wildman–Crippen LogP) is 0.887. The van der Waals surface area contributed by atoms with Crippen LogP contribution in [0.2, 0.25) is 0 Å². The van der Waals surface area contributed by atoms with Crippen LogP contribution in [-0.4, -0.2) is 137 Å². The molecule has 2 bridgehead atoms. The van der Waals surface area contributed by atoms with Crippen LogP contribution in [0.25, 0.3) is 0 Å². The van der Waals surface area contributed by atoms with Crippen molar-refractivity contribution in [3.8, 4) is 0 Å². The molecular weight excluding hydrogens is 568 g/mol. The number of morpholine rings is 1. The van der Waals surface area contributed by atoms with Crippen molar-refractivity contribution in [2.45, 2.75) is 55.3 Å². The number of rotatable bonds is 13. The van der Waals surface area contributed by atoms with Crippen LogP contribution in [0.15, 0.2) is 25.3 Å². The van der Waals surface area contributed by atoms with Gasteiger partial charge in [0.15, 0.2) is 0 Å². The van der Waals surface area contributed by atoms with Gasteiger partial charge in [0.1, 0.15) is 11.6 Å². The van der Waals surface area contributed by atoms with Crippen molar-refractivity contribution in [3.05, 3.63) is 25.3 Å². The van der Waals surface area contributed by atoms with E-state index in [2.05, 4.69) is 34.0 Å². The van der Waals surface area contributed by atoms with Gasteiger partial charge in [0.05, 0.1) is 43.8 Å². The van der Waals surface area contributed by atoms with Gasteiger partial charge >= 0.3 is 0 Å². The molecule has 3 unspecified atom stereocenters. The Morgan fingerprint density at radius 1 is 1.18 bits per heavy atom. The fourth-order valence-electron chi connectivity index (χ4n) is 6.83. The smallest absolute Gasteiger partial charge is 0.248 e. The lowest BCUT2D eigenvalue weighted by Gasteiger charge is -2.39. The Labute approximate surface area is 240 Å². The maximum Gasteiger partial charge on any atom is 0.248 e. The molecule has 1 spiro atoms. The second kappa shape index (κ2) is 12.8. The summed E-state index contributed by atoms with van der Waals surface area (Å²) in [5.74, 6) is -2.18. The Morgan fingerprint density at radius 3 is 2.41 bits per heavy atom. The molecule has 0 aromatic rings. The van der Waals surface area contributed by atoms with Gasteiger partial charge in [-0.1, -0.05) is 35.0 Å². The van der Waals surface area contributed by atoms with Gasteiger partial charge in [-0.05, 0) is 19.8 Å². The zero-order valence-corrected chi connectivity index (χ0v) is 24.8. The van der Waals surface area contributed by atoms with Crippen molar-refractivity contribution in [1.29, 1.82) is 0 Å². The first-order chi connectivity index (χ1) is 18.7. The predicted molar refractivity (Wildman–Crippen MR) is 150 cm³/mol. The second-order valence-corrected chi connectivity index (χ2v) is 12.2. The summed E-state index contributed by atoms with van der Waals surface area (Å²) in [6.45, 7) is 16.4. The Hall–Kier alpha value is -1.79. The number of amides is 3. The standard InChI is InChI=1S/C28H43BrN4O6/c1-5-8-31(9-6-2)25(35)21-22-26(36)33(19(4)18-34)24(28(22)17-20(29)23(21)39-28)27(37)32(10-7-3)12-11-30-13-15-38-16-14-30/h5,7,19-24,34H,1,3,6,8-18H2,2,4H3/t19-,20?,21-,22+,23-,24?,28?/m1/s1. The Morgan fingerprint density at radius 2 is 1.82 bits per heavy atom. The highest BCUT2D eigenvalue weighted by atomic mass is 79.9. The number of fused-ring (bicyclic) bond motifs is 1. The first-order valence-corrected chi connectivity index (χ1v) is 15.0. The monoisotopic (exact) mass is 610 g/mol.